The highest BCUT2D eigenvalue weighted by Gasteiger charge is 2.18. The number of amides is 1. The molecule has 0 aliphatic carbocycles. The number of fused-ring (bicyclic) bond motifs is 4. The Hall–Kier alpha value is -3.26. The van der Waals surface area contributed by atoms with Gasteiger partial charge in [-0.05, 0) is 35.7 Å². The van der Waals surface area contributed by atoms with E-state index in [1.54, 1.807) is 30.3 Å². The predicted octanol–water partition coefficient (Wildman–Crippen LogP) is 5.39. The first-order chi connectivity index (χ1) is 13.2. The highest BCUT2D eigenvalue weighted by molar-refractivity contribution is 6.31. The van der Waals surface area contributed by atoms with Gasteiger partial charge in [0.1, 0.15) is 22.9 Å². The Labute approximate surface area is 160 Å². The predicted molar refractivity (Wildman–Crippen MR) is 103 cm³/mol. The molecule has 1 aliphatic rings. The van der Waals surface area contributed by atoms with E-state index in [2.05, 4.69) is 15.5 Å². The van der Waals surface area contributed by atoms with Crippen LogP contribution in [-0.2, 0) is 4.74 Å². The Kier molecular flexibility index (Phi) is 4.56. The van der Waals surface area contributed by atoms with Crippen LogP contribution in [-0.4, -0.2) is 20.9 Å². The van der Waals surface area contributed by atoms with Crippen LogP contribution in [0, 0.1) is 0 Å². The van der Waals surface area contributed by atoms with E-state index in [1.165, 1.54) is 14.8 Å². The van der Waals surface area contributed by atoms with E-state index in [0.29, 0.717) is 39.0 Å². The molecule has 0 aromatic heterocycles. The third kappa shape index (κ3) is 3.39. The monoisotopic (exact) mass is 380 g/mol. The lowest BCUT2D eigenvalue weighted by atomic mass is 10.1. The van der Waals surface area contributed by atoms with Crippen molar-refractivity contribution in [2.24, 2.45) is 10.2 Å². The summed E-state index contributed by atoms with van der Waals surface area (Å²) in [6, 6.07) is 14.0. The van der Waals surface area contributed by atoms with Crippen molar-refractivity contribution in [3.05, 3.63) is 53.6 Å². The third-order valence-electron chi connectivity index (χ3n) is 3.93. The van der Waals surface area contributed by atoms with Crippen LogP contribution in [0.1, 0.15) is 0 Å². The molecule has 1 radical (unpaired) electrons. The summed E-state index contributed by atoms with van der Waals surface area (Å²) in [6.45, 7) is 0. The molecule has 9 heteroatoms. The number of methoxy groups -OCH3 is 1. The Balaban J connectivity index is 1.91. The average molecular weight is 381 g/mol. The number of hydrogen-bond acceptors (Lipinski definition) is 6. The van der Waals surface area contributed by atoms with Gasteiger partial charge >= 0.3 is 13.8 Å². The van der Waals surface area contributed by atoms with Crippen LogP contribution >= 0.6 is 11.6 Å². The van der Waals surface area contributed by atoms with Crippen LogP contribution in [0.5, 0.6) is 11.5 Å². The maximum absolute atomic E-state index is 11.7. The van der Waals surface area contributed by atoms with E-state index in [0.717, 1.165) is 5.39 Å². The van der Waals surface area contributed by atoms with Gasteiger partial charge < -0.3 is 14.0 Å². The van der Waals surface area contributed by atoms with Gasteiger partial charge in [-0.25, -0.2) is 4.79 Å². The largest absolute Gasteiger partial charge is 0.658 e. The van der Waals surface area contributed by atoms with Crippen molar-refractivity contribution in [1.82, 2.24) is 0 Å². The number of carbonyl (C=O) groups is 1. The minimum atomic E-state index is -0.590. The van der Waals surface area contributed by atoms with Crippen LogP contribution in [0.15, 0.2) is 58.8 Å². The second-order valence-corrected chi connectivity index (χ2v) is 6.01. The molecule has 0 fully saturated rings. The topological polar surface area (TPSA) is 81.5 Å². The van der Waals surface area contributed by atoms with Crippen LogP contribution in [0.25, 0.3) is 10.8 Å². The molecular formula is C18H12BClN3O4. The lowest BCUT2D eigenvalue weighted by Gasteiger charge is -2.13. The van der Waals surface area contributed by atoms with E-state index < -0.39 is 6.09 Å². The first kappa shape index (κ1) is 17.2. The number of anilines is 1. The Morgan fingerprint density at radius 2 is 1.93 bits per heavy atom. The van der Waals surface area contributed by atoms with Crippen molar-refractivity contribution in [3.8, 4) is 11.5 Å². The van der Waals surface area contributed by atoms with Crippen LogP contribution in [0.2, 0.25) is 5.02 Å². The van der Waals surface area contributed by atoms with Crippen molar-refractivity contribution < 1.29 is 18.8 Å². The molecule has 3 aromatic carbocycles. The standard InChI is InChI=1S/C18H12BClN3O4/c1-25-18(24)21-12-4-2-3-10-5-7-15-17(16(10)12)23-22-13-9-11(20)6-8-14(13)26-19-27-15/h2-9H,1H3,(H,21,24). The summed E-state index contributed by atoms with van der Waals surface area (Å²) < 4.78 is 15.8. The van der Waals surface area contributed by atoms with E-state index in [9.17, 15) is 4.79 Å². The van der Waals surface area contributed by atoms with Crippen molar-refractivity contribution in [2.45, 2.75) is 0 Å². The van der Waals surface area contributed by atoms with Crippen molar-refractivity contribution in [2.75, 3.05) is 12.4 Å². The van der Waals surface area contributed by atoms with Gasteiger partial charge in [0.05, 0.1) is 12.8 Å². The van der Waals surface area contributed by atoms with Crippen LogP contribution in [0.3, 0.4) is 0 Å². The summed E-state index contributed by atoms with van der Waals surface area (Å²) in [5.74, 6) is 0.873. The molecular weight excluding hydrogens is 368 g/mol. The Morgan fingerprint density at radius 3 is 2.78 bits per heavy atom. The number of carbonyl (C=O) groups excluding carboxylic acids is 1. The molecule has 1 aliphatic heterocycles. The number of benzene rings is 3. The highest BCUT2D eigenvalue weighted by atomic mass is 35.5. The van der Waals surface area contributed by atoms with Gasteiger partial charge in [-0.3, -0.25) is 5.32 Å². The molecule has 0 saturated carbocycles. The molecule has 133 valence electrons. The van der Waals surface area contributed by atoms with Gasteiger partial charge in [0.15, 0.2) is 0 Å². The second-order valence-electron chi connectivity index (χ2n) is 5.58. The molecule has 1 heterocycles. The highest BCUT2D eigenvalue weighted by Crippen LogP contribution is 2.42. The molecule has 7 nitrogen and oxygen atoms in total. The van der Waals surface area contributed by atoms with Crippen molar-refractivity contribution >= 4 is 53.2 Å². The zero-order chi connectivity index (χ0) is 18.8. The van der Waals surface area contributed by atoms with E-state index >= 15 is 0 Å². The number of rotatable bonds is 1. The Morgan fingerprint density at radius 1 is 1.11 bits per heavy atom. The minimum absolute atomic E-state index is 0.421. The van der Waals surface area contributed by atoms with Gasteiger partial charge in [-0.2, -0.15) is 0 Å². The Bertz CT molecular complexity index is 1070. The molecule has 0 spiro atoms. The molecule has 0 atom stereocenters. The molecule has 3 aromatic rings. The average Bonchev–Trinajstić information content (AvgIpc) is 2.76. The van der Waals surface area contributed by atoms with E-state index in [-0.39, 0.29) is 0 Å². The summed E-state index contributed by atoms with van der Waals surface area (Å²) in [5, 5.41) is 13.3. The lowest BCUT2D eigenvalue weighted by molar-refractivity contribution is 0.187. The van der Waals surface area contributed by atoms with Crippen molar-refractivity contribution in [3.63, 3.8) is 0 Å². The molecule has 0 unspecified atom stereocenters. The summed E-state index contributed by atoms with van der Waals surface area (Å²) >= 11 is 6.05. The number of hydrogen-bond donors (Lipinski definition) is 1. The number of ether oxygens (including phenoxy) is 1. The number of nitrogens with zero attached hydrogens (tertiary/aromatic N) is 2. The maximum atomic E-state index is 11.7. The van der Waals surface area contributed by atoms with E-state index in [4.69, 9.17) is 25.6 Å². The molecule has 27 heavy (non-hydrogen) atoms. The second kappa shape index (κ2) is 7.16. The fourth-order valence-corrected chi connectivity index (χ4v) is 2.87. The lowest BCUT2D eigenvalue weighted by Crippen LogP contribution is -2.12. The fourth-order valence-electron chi connectivity index (χ4n) is 2.70. The summed E-state index contributed by atoms with van der Waals surface area (Å²) in [4.78, 5) is 11.7. The SMILES string of the molecule is COC(=O)Nc1cccc2ccc3c(c12)N=Nc1cc(Cl)ccc1O[B]O3. The summed E-state index contributed by atoms with van der Waals surface area (Å²) in [6.07, 6.45) is -0.590. The molecule has 0 saturated heterocycles. The number of halogens is 1. The summed E-state index contributed by atoms with van der Waals surface area (Å²) in [7, 11) is 2.50. The number of azo groups is 1. The molecule has 1 amide bonds. The third-order valence-corrected chi connectivity index (χ3v) is 4.17. The van der Waals surface area contributed by atoms with Crippen molar-refractivity contribution in [1.29, 1.82) is 0 Å². The number of nitrogens with one attached hydrogen (secondary N) is 1. The quantitative estimate of drug-likeness (QED) is 0.574. The summed E-state index contributed by atoms with van der Waals surface area (Å²) in [5.41, 5.74) is 1.41. The molecule has 1 N–H and O–H groups in total. The zero-order valence-corrected chi connectivity index (χ0v) is 14.9. The normalized spacial score (nSPS) is 12.2. The molecule has 4 rings (SSSR count). The van der Waals surface area contributed by atoms with E-state index in [1.807, 2.05) is 18.2 Å². The van der Waals surface area contributed by atoms with Gasteiger partial charge in [0.2, 0.25) is 0 Å². The first-order valence-electron chi connectivity index (χ1n) is 7.93. The van der Waals surface area contributed by atoms with Crippen LogP contribution in [0.4, 0.5) is 21.9 Å². The van der Waals surface area contributed by atoms with Gasteiger partial charge in [0, 0.05) is 10.4 Å². The molecule has 0 bridgehead atoms. The van der Waals surface area contributed by atoms with Gasteiger partial charge in [-0.15, -0.1) is 10.2 Å². The van der Waals surface area contributed by atoms with Crippen LogP contribution < -0.4 is 14.6 Å². The minimum Gasteiger partial charge on any atom is -0.525 e. The maximum Gasteiger partial charge on any atom is 0.658 e. The fraction of sp³-hybridized carbons (Fsp3) is 0.0556. The van der Waals surface area contributed by atoms with Gasteiger partial charge in [0.25, 0.3) is 0 Å². The smallest absolute Gasteiger partial charge is 0.525 e. The zero-order valence-electron chi connectivity index (χ0n) is 14.1. The first-order valence-corrected chi connectivity index (χ1v) is 8.30. The van der Waals surface area contributed by atoms with Gasteiger partial charge in [-0.1, -0.05) is 29.8 Å².